The second-order valence-electron chi connectivity index (χ2n) is 2.34. The quantitative estimate of drug-likeness (QED) is 0.661. The molecule has 0 saturated carbocycles. The van der Waals surface area contributed by atoms with Gasteiger partial charge >= 0.3 is 0 Å². The third kappa shape index (κ3) is 2.19. The van der Waals surface area contributed by atoms with Crippen LogP contribution in [-0.4, -0.2) is 16.8 Å². The average Bonchev–Trinajstić information content (AvgIpc) is 2.10. The molecule has 0 spiro atoms. The van der Waals surface area contributed by atoms with Crippen LogP contribution in [0.1, 0.15) is 10.4 Å². The van der Waals surface area contributed by atoms with Gasteiger partial charge in [-0.1, -0.05) is 0 Å². The highest BCUT2D eigenvalue weighted by Crippen LogP contribution is 2.25. The van der Waals surface area contributed by atoms with E-state index in [0.29, 0.717) is 4.47 Å². The Labute approximate surface area is 87.5 Å². The lowest BCUT2D eigenvalue weighted by Gasteiger charge is -2.02. The van der Waals surface area contributed by atoms with Gasteiger partial charge in [0.1, 0.15) is 0 Å². The van der Waals surface area contributed by atoms with E-state index in [1.807, 2.05) is 0 Å². The van der Waals surface area contributed by atoms with Crippen LogP contribution in [-0.2, 0) is 0 Å². The maximum Gasteiger partial charge on any atom is 0.178 e. The molecule has 1 aromatic carbocycles. The topological polar surface area (TPSA) is 37.3 Å². The molecular weight excluding hydrogens is 262 g/mol. The number of carbonyl (C=O) groups excluding carboxylic acids is 1. The number of hydrogen-bond acceptors (Lipinski definition) is 2. The minimum atomic E-state index is -0.836. The van der Waals surface area contributed by atoms with Gasteiger partial charge in [0, 0.05) is 10.0 Å². The summed E-state index contributed by atoms with van der Waals surface area (Å²) >= 11 is 8.31. The molecule has 0 atom stereocenters. The van der Waals surface area contributed by atoms with E-state index in [-0.39, 0.29) is 11.4 Å². The molecule has 0 aliphatic heterocycles. The van der Waals surface area contributed by atoms with Crippen molar-refractivity contribution in [2.75, 3.05) is 5.88 Å². The zero-order valence-corrected chi connectivity index (χ0v) is 8.69. The molecule has 1 rings (SSSR count). The van der Waals surface area contributed by atoms with Gasteiger partial charge in [-0.25, -0.2) is 4.39 Å². The molecular formula is C8H5BrClFO2. The minimum Gasteiger partial charge on any atom is -0.505 e. The van der Waals surface area contributed by atoms with Crippen LogP contribution < -0.4 is 0 Å². The van der Waals surface area contributed by atoms with Gasteiger partial charge in [0.05, 0.1) is 5.88 Å². The van der Waals surface area contributed by atoms with E-state index < -0.39 is 17.3 Å². The summed E-state index contributed by atoms with van der Waals surface area (Å²) in [5.74, 6) is -1.95. The number of hydrogen-bond donors (Lipinski definition) is 1. The van der Waals surface area contributed by atoms with Crippen LogP contribution in [0.3, 0.4) is 0 Å². The Balaban J connectivity index is 3.23. The molecule has 70 valence electrons. The molecule has 0 bridgehead atoms. The molecule has 5 heteroatoms. The molecule has 0 saturated heterocycles. The van der Waals surface area contributed by atoms with Gasteiger partial charge in [0.25, 0.3) is 0 Å². The first-order valence-corrected chi connectivity index (χ1v) is 4.66. The van der Waals surface area contributed by atoms with E-state index in [4.69, 9.17) is 16.7 Å². The Morgan fingerprint density at radius 2 is 2.23 bits per heavy atom. The highest BCUT2D eigenvalue weighted by molar-refractivity contribution is 9.10. The van der Waals surface area contributed by atoms with Crippen molar-refractivity contribution in [1.82, 2.24) is 0 Å². The third-order valence-electron chi connectivity index (χ3n) is 1.46. The molecule has 1 aromatic rings. The van der Waals surface area contributed by atoms with Crippen molar-refractivity contribution in [3.8, 4) is 5.75 Å². The van der Waals surface area contributed by atoms with E-state index in [1.54, 1.807) is 0 Å². The summed E-state index contributed by atoms with van der Waals surface area (Å²) in [5.41, 5.74) is 0.130. The predicted molar refractivity (Wildman–Crippen MR) is 50.8 cm³/mol. The highest BCUT2D eigenvalue weighted by Gasteiger charge is 2.12. The molecule has 0 aliphatic carbocycles. The monoisotopic (exact) mass is 266 g/mol. The smallest absolute Gasteiger partial charge is 0.178 e. The van der Waals surface area contributed by atoms with Crippen LogP contribution in [0.25, 0.3) is 0 Å². The Morgan fingerprint density at radius 1 is 1.62 bits per heavy atom. The van der Waals surface area contributed by atoms with Crippen LogP contribution in [0.15, 0.2) is 16.6 Å². The van der Waals surface area contributed by atoms with E-state index in [0.717, 1.165) is 12.1 Å². The van der Waals surface area contributed by atoms with Crippen LogP contribution in [0, 0.1) is 5.82 Å². The third-order valence-corrected chi connectivity index (χ3v) is 2.36. The second-order valence-corrected chi connectivity index (χ2v) is 3.46. The largest absolute Gasteiger partial charge is 0.505 e. The van der Waals surface area contributed by atoms with Crippen molar-refractivity contribution in [3.63, 3.8) is 0 Å². The normalized spacial score (nSPS) is 10.1. The van der Waals surface area contributed by atoms with E-state index >= 15 is 0 Å². The lowest BCUT2D eigenvalue weighted by molar-refractivity contribution is 0.102. The number of ketones is 1. The fraction of sp³-hybridized carbons (Fsp3) is 0.125. The van der Waals surface area contributed by atoms with Gasteiger partial charge < -0.3 is 5.11 Å². The summed E-state index contributed by atoms with van der Waals surface area (Å²) in [6, 6.07) is 2.07. The highest BCUT2D eigenvalue weighted by atomic mass is 79.9. The summed E-state index contributed by atoms with van der Waals surface area (Å²) in [7, 11) is 0. The summed E-state index contributed by atoms with van der Waals surface area (Å²) in [5, 5.41) is 8.93. The van der Waals surface area contributed by atoms with Crippen molar-refractivity contribution in [2.45, 2.75) is 0 Å². The number of halogens is 3. The van der Waals surface area contributed by atoms with Crippen molar-refractivity contribution >= 4 is 33.3 Å². The van der Waals surface area contributed by atoms with E-state index in [1.165, 1.54) is 0 Å². The van der Waals surface area contributed by atoms with Crippen molar-refractivity contribution < 1.29 is 14.3 Å². The standard InChI is InChI=1S/C8H5BrClFO2/c9-5-2-7(12)6(11)1-4(5)8(13)3-10/h1-2,12H,3H2. The number of rotatable bonds is 2. The number of phenols is 1. The minimum absolute atomic E-state index is 0.130. The van der Waals surface area contributed by atoms with Gasteiger partial charge in [-0.3, -0.25) is 4.79 Å². The Kier molecular flexibility index (Phi) is 3.27. The first kappa shape index (κ1) is 10.5. The van der Waals surface area contributed by atoms with Crippen molar-refractivity contribution in [2.24, 2.45) is 0 Å². The number of alkyl halides is 1. The van der Waals surface area contributed by atoms with Crippen molar-refractivity contribution in [3.05, 3.63) is 28.0 Å². The molecule has 13 heavy (non-hydrogen) atoms. The van der Waals surface area contributed by atoms with Crippen molar-refractivity contribution in [1.29, 1.82) is 0 Å². The molecule has 0 fully saturated rings. The zero-order chi connectivity index (χ0) is 10.0. The lowest BCUT2D eigenvalue weighted by Crippen LogP contribution is -2.02. The average molecular weight is 267 g/mol. The summed E-state index contributed by atoms with van der Waals surface area (Å²) in [4.78, 5) is 11.1. The van der Waals surface area contributed by atoms with Crippen LogP contribution >= 0.6 is 27.5 Å². The summed E-state index contributed by atoms with van der Waals surface area (Å²) < 4.78 is 13.1. The van der Waals surface area contributed by atoms with Gasteiger partial charge in [-0.05, 0) is 28.1 Å². The number of benzene rings is 1. The zero-order valence-electron chi connectivity index (χ0n) is 6.35. The molecule has 2 nitrogen and oxygen atoms in total. The molecule has 0 unspecified atom stereocenters. The van der Waals surface area contributed by atoms with Gasteiger partial charge in [0.2, 0.25) is 0 Å². The molecule has 0 radical (unpaired) electrons. The number of Topliss-reactive ketones (excluding diaryl/α,β-unsaturated/α-hetero) is 1. The predicted octanol–water partition coefficient (Wildman–Crippen LogP) is 2.72. The molecule has 0 aliphatic rings. The van der Waals surface area contributed by atoms with Gasteiger partial charge in [-0.15, -0.1) is 11.6 Å². The van der Waals surface area contributed by atoms with Crippen LogP contribution in [0.2, 0.25) is 0 Å². The first-order valence-electron chi connectivity index (χ1n) is 3.33. The summed E-state index contributed by atoms with van der Waals surface area (Å²) in [6.07, 6.45) is 0. The molecule has 0 amide bonds. The maximum absolute atomic E-state index is 12.8. The SMILES string of the molecule is O=C(CCl)c1cc(F)c(O)cc1Br. The fourth-order valence-corrected chi connectivity index (χ4v) is 1.52. The Bertz CT molecular complexity index is 354. The van der Waals surface area contributed by atoms with Gasteiger partial charge in [-0.2, -0.15) is 0 Å². The Morgan fingerprint density at radius 3 is 2.77 bits per heavy atom. The van der Waals surface area contributed by atoms with Crippen LogP contribution in [0.5, 0.6) is 5.75 Å². The maximum atomic E-state index is 12.8. The lowest BCUT2D eigenvalue weighted by atomic mass is 10.1. The molecule has 0 heterocycles. The fourth-order valence-electron chi connectivity index (χ4n) is 0.822. The first-order chi connectivity index (χ1) is 6.06. The molecule has 1 N–H and O–H groups in total. The second kappa shape index (κ2) is 4.07. The number of phenolic OH excluding ortho intramolecular Hbond substituents is 1. The Hall–Kier alpha value is -0.610. The number of aromatic hydroxyl groups is 1. The number of carbonyl (C=O) groups is 1. The van der Waals surface area contributed by atoms with Crippen LogP contribution in [0.4, 0.5) is 4.39 Å². The van der Waals surface area contributed by atoms with E-state index in [2.05, 4.69) is 15.9 Å². The summed E-state index contributed by atoms with van der Waals surface area (Å²) in [6.45, 7) is 0. The molecule has 0 aromatic heterocycles. The van der Waals surface area contributed by atoms with Gasteiger partial charge in [0.15, 0.2) is 17.3 Å². The van der Waals surface area contributed by atoms with E-state index in [9.17, 15) is 9.18 Å².